The molecule has 0 radical (unpaired) electrons. The molecule has 0 aromatic carbocycles. The summed E-state index contributed by atoms with van der Waals surface area (Å²) in [4.78, 5) is 24.0. The highest BCUT2D eigenvalue weighted by molar-refractivity contribution is 5.98. The van der Waals surface area contributed by atoms with E-state index in [1.807, 2.05) is 41.5 Å². The van der Waals surface area contributed by atoms with Crippen LogP contribution in [-0.4, -0.2) is 25.0 Å². The molecular weight excluding hydrogens is 230 g/mol. The zero-order valence-corrected chi connectivity index (χ0v) is 12.7. The molecule has 0 heterocycles. The quantitative estimate of drug-likeness (QED) is 0.621. The summed E-state index contributed by atoms with van der Waals surface area (Å²) >= 11 is 0. The van der Waals surface area contributed by atoms with Crippen molar-refractivity contribution in [3.63, 3.8) is 0 Å². The lowest BCUT2D eigenvalue weighted by Gasteiger charge is -2.29. The smallest absolute Gasteiger partial charge is 0.319 e. The highest BCUT2D eigenvalue weighted by Crippen LogP contribution is 2.27. The summed E-state index contributed by atoms with van der Waals surface area (Å²) < 4.78 is 4.98. The van der Waals surface area contributed by atoms with Gasteiger partial charge < -0.3 is 10.1 Å². The van der Waals surface area contributed by atoms with Crippen LogP contribution in [0.5, 0.6) is 0 Å². The fourth-order valence-electron chi connectivity index (χ4n) is 1.53. The van der Waals surface area contributed by atoms with Gasteiger partial charge >= 0.3 is 5.97 Å². The molecule has 0 aliphatic rings. The van der Waals surface area contributed by atoms with E-state index >= 15 is 0 Å². The van der Waals surface area contributed by atoms with Crippen LogP contribution in [0.3, 0.4) is 0 Å². The molecule has 0 fully saturated rings. The van der Waals surface area contributed by atoms with Gasteiger partial charge in [0.2, 0.25) is 5.91 Å². The Hall–Kier alpha value is -1.06. The SMILES string of the molecule is CCOC(=O)C(C(=O)NCC(C)(C)C)C(C)(C)C. The average molecular weight is 257 g/mol. The third-order valence-corrected chi connectivity index (χ3v) is 2.44. The Morgan fingerprint density at radius 2 is 1.61 bits per heavy atom. The first-order chi connectivity index (χ1) is 7.99. The number of carbonyl (C=O) groups excluding carboxylic acids is 2. The number of nitrogens with one attached hydrogen (secondary N) is 1. The first-order valence-electron chi connectivity index (χ1n) is 6.43. The Morgan fingerprint density at radius 3 is 1.94 bits per heavy atom. The molecule has 0 spiro atoms. The summed E-state index contributed by atoms with van der Waals surface area (Å²) in [5, 5.41) is 2.83. The van der Waals surface area contributed by atoms with E-state index in [0.29, 0.717) is 6.54 Å². The normalized spacial score (nSPS) is 13.9. The number of amides is 1. The molecule has 0 aromatic heterocycles. The predicted molar refractivity (Wildman–Crippen MR) is 72.0 cm³/mol. The molecule has 0 bridgehead atoms. The topological polar surface area (TPSA) is 55.4 Å². The summed E-state index contributed by atoms with van der Waals surface area (Å²) in [6.07, 6.45) is 0. The van der Waals surface area contributed by atoms with E-state index < -0.39 is 17.3 Å². The van der Waals surface area contributed by atoms with Gasteiger partial charge in [-0.2, -0.15) is 0 Å². The van der Waals surface area contributed by atoms with Gasteiger partial charge in [-0.25, -0.2) is 0 Å². The van der Waals surface area contributed by atoms with Crippen LogP contribution in [0.2, 0.25) is 0 Å². The standard InChI is InChI=1S/C14H27NO3/c1-8-18-12(17)10(14(5,6)7)11(16)15-9-13(2,3)4/h10H,8-9H2,1-7H3,(H,15,16). The number of ether oxygens (including phenoxy) is 1. The number of rotatable bonds is 4. The van der Waals surface area contributed by atoms with Crippen molar-refractivity contribution in [2.45, 2.75) is 48.5 Å². The molecule has 106 valence electrons. The van der Waals surface area contributed by atoms with Crippen molar-refractivity contribution in [3.8, 4) is 0 Å². The molecule has 0 aliphatic carbocycles. The number of hydrogen-bond donors (Lipinski definition) is 1. The van der Waals surface area contributed by atoms with Gasteiger partial charge in [-0.3, -0.25) is 9.59 Å². The van der Waals surface area contributed by atoms with Gasteiger partial charge in [0, 0.05) is 6.54 Å². The Kier molecular flexibility index (Phi) is 5.84. The predicted octanol–water partition coefficient (Wildman–Crippen LogP) is 2.37. The van der Waals surface area contributed by atoms with E-state index in [1.54, 1.807) is 6.92 Å². The minimum absolute atomic E-state index is 0.00719. The summed E-state index contributed by atoms with van der Waals surface area (Å²) in [7, 11) is 0. The second-order valence-electron chi connectivity index (χ2n) is 6.83. The Balaban J connectivity index is 4.78. The van der Waals surface area contributed by atoms with E-state index in [1.165, 1.54) is 0 Å². The largest absolute Gasteiger partial charge is 0.465 e. The van der Waals surface area contributed by atoms with Gasteiger partial charge in [0.1, 0.15) is 5.92 Å². The van der Waals surface area contributed by atoms with Crippen LogP contribution in [-0.2, 0) is 14.3 Å². The highest BCUT2D eigenvalue weighted by atomic mass is 16.5. The van der Waals surface area contributed by atoms with Crippen LogP contribution >= 0.6 is 0 Å². The summed E-state index contributed by atoms with van der Waals surface area (Å²) in [5.74, 6) is -1.47. The van der Waals surface area contributed by atoms with E-state index in [9.17, 15) is 9.59 Å². The molecule has 1 atom stereocenters. The van der Waals surface area contributed by atoms with Crippen molar-refractivity contribution < 1.29 is 14.3 Å². The van der Waals surface area contributed by atoms with Crippen LogP contribution in [0.4, 0.5) is 0 Å². The van der Waals surface area contributed by atoms with Gasteiger partial charge in [-0.15, -0.1) is 0 Å². The molecule has 4 heteroatoms. The van der Waals surface area contributed by atoms with Gasteiger partial charge in [-0.05, 0) is 17.8 Å². The molecule has 18 heavy (non-hydrogen) atoms. The Bertz CT molecular complexity index is 297. The third kappa shape index (κ3) is 6.03. The number of carbonyl (C=O) groups is 2. The zero-order valence-electron chi connectivity index (χ0n) is 12.7. The lowest BCUT2D eigenvalue weighted by atomic mass is 9.80. The van der Waals surface area contributed by atoms with E-state index in [4.69, 9.17) is 4.74 Å². The van der Waals surface area contributed by atoms with Gasteiger partial charge in [0.05, 0.1) is 6.61 Å². The van der Waals surface area contributed by atoms with E-state index in [0.717, 1.165) is 0 Å². The monoisotopic (exact) mass is 257 g/mol. The lowest BCUT2D eigenvalue weighted by Crippen LogP contribution is -2.45. The zero-order chi connectivity index (χ0) is 14.6. The maximum Gasteiger partial charge on any atom is 0.319 e. The van der Waals surface area contributed by atoms with E-state index in [2.05, 4.69) is 5.32 Å². The van der Waals surface area contributed by atoms with Crippen molar-refractivity contribution in [2.75, 3.05) is 13.2 Å². The van der Waals surface area contributed by atoms with Crippen LogP contribution in [0.15, 0.2) is 0 Å². The van der Waals surface area contributed by atoms with Crippen LogP contribution < -0.4 is 5.32 Å². The summed E-state index contributed by atoms with van der Waals surface area (Å²) in [6, 6.07) is 0. The molecule has 4 nitrogen and oxygen atoms in total. The van der Waals surface area contributed by atoms with Crippen LogP contribution in [0.25, 0.3) is 0 Å². The second-order valence-corrected chi connectivity index (χ2v) is 6.83. The number of hydrogen-bond acceptors (Lipinski definition) is 3. The summed E-state index contributed by atoms with van der Waals surface area (Å²) in [5.41, 5.74) is -0.457. The molecule has 0 aromatic rings. The lowest BCUT2D eigenvalue weighted by molar-refractivity contribution is -0.156. The Labute approximate surface area is 110 Å². The maximum atomic E-state index is 12.1. The van der Waals surface area contributed by atoms with Crippen molar-refractivity contribution in [1.29, 1.82) is 0 Å². The average Bonchev–Trinajstić information content (AvgIpc) is 2.11. The Morgan fingerprint density at radius 1 is 1.11 bits per heavy atom. The van der Waals surface area contributed by atoms with Gasteiger partial charge in [-0.1, -0.05) is 41.5 Å². The highest BCUT2D eigenvalue weighted by Gasteiger charge is 2.39. The fraction of sp³-hybridized carbons (Fsp3) is 0.857. The fourth-order valence-corrected chi connectivity index (χ4v) is 1.53. The molecular formula is C14H27NO3. The van der Waals surface area contributed by atoms with Gasteiger partial charge in [0.15, 0.2) is 0 Å². The maximum absolute atomic E-state index is 12.1. The number of esters is 1. The van der Waals surface area contributed by atoms with Crippen LogP contribution in [0, 0.1) is 16.7 Å². The first-order valence-corrected chi connectivity index (χ1v) is 6.43. The molecule has 1 amide bonds. The summed E-state index contributed by atoms with van der Waals surface area (Å²) in [6.45, 7) is 14.3. The van der Waals surface area contributed by atoms with Crippen molar-refractivity contribution in [1.82, 2.24) is 5.32 Å². The van der Waals surface area contributed by atoms with Gasteiger partial charge in [0.25, 0.3) is 0 Å². The minimum Gasteiger partial charge on any atom is -0.465 e. The third-order valence-electron chi connectivity index (χ3n) is 2.44. The van der Waals surface area contributed by atoms with Crippen molar-refractivity contribution >= 4 is 11.9 Å². The minimum atomic E-state index is -0.764. The second kappa shape index (κ2) is 6.21. The molecule has 0 rings (SSSR count). The van der Waals surface area contributed by atoms with Crippen molar-refractivity contribution in [2.24, 2.45) is 16.7 Å². The van der Waals surface area contributed by atoms with Crippen molar-refractivity contribution in [3.05, 3.63) is 0 Å². The van der Waals surface area contributed by atoms with Crippen LogP contribution in [0.1, 0.15) is 48.5 Å². The molecule has 1 unspecified atom stereocenters. The van der Waals surface area contributed by atoms with E-state index in [-0.39, 0.29) is 17.9 Å². The molecule has 1 N–H and O–H groups in total. The molecule has 0 saturated carbocycles. The molecule has 0 saturated heterocycles. The molecule has 0 aliphatic heterocycles. The first kappa shape index (κ1) is 16.9.